The van der Waals surface area contributed by atoms with Crippen LogP contribution in [-0.2, 0) is 12.5 Å². The molecule has 0 bridgehead atoms. The zero-order valence-electron chi connectivity index (χ0n) is 14.6. The van der Waals surface area contributed by atoms with E-state index in [1.807, 2.05) is 13.8 Å². The maximum absolute atomic E-state index is 13.2. The van der Waals surface area contributed by atoms with Crippen LogP contribution in [0.5, 0.6) is 0 Å². The van der Waals surface area contributed by atoms with Gasteiger partial charge in [-0.3, -0.25) is 4.79 Å². The number of aryl methyl sites for hydroxylation is 1. The number of urea groups is 1. The number of halogens is 1. The highest BCUT2D eigenvalue weighted by Crippen LogP contribution is 2.51. The Labute approximate surface area is 145 Å². The third kappa shape index (κ3) is 3.16. The van der Waals surface area contributed by atoms with Gasteiger partial charge in [0.05, 0.1) is 5.54 Å². The van der Waals surface area contributed by atoms with Crippen LogP contribution in [0.1, 0.15) is 32.3 Å². The smallest absolute Gasteiger partial charge is 0.319 e. The van der Waals surface area contributed by atoms with E-state index in [2.05, 4.69) is 10.6 Å². The molecule has 2 amide bonds. The van der Waals surface area contributed by atoms with Gasteiger partial charge in [0, 0.05) is 18.7 Å². The zero-order valence-corrected chi connectivity index (χ0v) is 14.6. The maximum Gasteiger partial charge on any atom is 0.319 e. The number of carbonyl (C=O) groups excluding carboxylic acids is 1. The molecule has 2 N–H and O–H groups in total. The molecule has 1 aromatic heterocycles. The number of benzene rings is 1. The number of rotatable bonds is 4. The third-order valence-corrected chi connectivity index (χ3v) is 5.24. The average Bonchev–Trinajstić information content (AvgIpc) is 3.33. The summed E-state index contributed by atoms with van der Waals surface area (Å²) >= 11 is 0. The maximum atomic E-state index is 13.2. The fraction of sp³-hybridized carbons (Fsp3) is 0.368. The SMILES string of the molecule is Cn1cccc(NC(=O)NC2(C(C)(C)c3ccc(F)cc3)CC2)c1=O. The van der Waals surface area contributed by atoms with Crippen LogP contribution in [0.2, 0.25) is 0 Å². The predicted molar refractivity (Wildman–Crippen MR) is 95.2 cm³/mol. The predicted octanol–water partition coefficient (Wildman–Crippen LogP) is 3.16. The van der Waals surface area contributed by atoms with Crippen LogP contribution < -0.4 is 16.2 Å². The summed E-state index contributed by atoms with van der Waals surface area (Å²) in [6, 6.07) is 9.24. The fourth-order valence-corrected chi connectivity index (χ4v) is 3.24. The number of amides is 2. The first-order valence-corrected chi connectivity index (χ1v) is 8.26. The van der Waals surface area contributed by atoms with E-state index in [0.717, 1.165) is 18.4 Å². The number of hydrogen-bond donors (Lipinski definition) is 2. The molecular weight excluding hydrogens is 321 g/mol. The van der Waals surface area contributed by atoms with Crippen LogP contribution in [-0.4, -0.2) is 16.1 Å². The van der Waals surface area contributed by atoms with Crippen LogP contribution in [0.3, 0.4) is 0 Å². The highest BCUT2D eigenvalue weighted by Gasteiger charge is 2.56. The first-order chi connectivity index (χ1) is 11.7. The first kappa shape index (κ1) is 17.2. The van der Waals surface area contributed by atoms with Crippen molar-refractivity contribution in [3.63, 3.8) is 0 Å². The molecule has 6 heteroatoms. The van der Waals surface area contributed by atoms with Gasteiger partial charge in [0.15, 0.2) is 0 Å². The van der Waals surface area contributed by atoms with E-state index in [4.69, 9.17) is 0 Å². The van der Waals surface area contributed by atoms with E-state index in [0.29, 0.717) is 0 Å². The molecule has 1 fully saturated rings. The fourth-order valence-electron chi connectivity index (χ4n) is 3.24. The molecule has 0 unspecified atom stereocenters. The molecule has 1 saturated carbocycles. The Balaban J connectivity index is 1.77. The molecule has 25 heavy (non-hydrogen) atoms. The van der Waals surface area contributed by atoms with Crippen molar-refractivity contribution < 1.29 is 9.18 Å². The van der Waals surface area contributed by atoms with Crippen molar-refractivity contribution in [1.29, 1.82) is 0 Å². The molecule has 0 spiro atoms. The normalized spacial score (nSPS) is 15.5. The zero-order chi connectivity index (χ0) is 18.2. The van der Waals surface area contributed by atoms with E-state index < -0.39 is 11.6 Å². The minimum absolute atomic E-state index is 0.234. The van der Waals surface area contributed by atoms with Crippen molar-refractivity contribution >= 4 is 11.7 Å². The standard InChI is InChI=1S/C19H22FN3O2/c1-18(2,13-6-8-14(20)9-7-13)19(10-11-19)22-17(25)21-15-5-4-12-23(3)16(15)24/h4-9,12H,10-11H2,1-3H3,(H2,21,22,25). The number of aromatic nitrogens is 1. The van der Waals surface area contributed by atoms with Crippen molar-refractivity contribution in [3.8, 4) is 0 Å². The number of nitrogens with zero attached hydrogens (tertiary/aromatic N) is 1. The Morgan fingerprint density at radius 1 is 1.20 bits per heavy atom. The van der Waals surface area contributed by atoms with Gasteiger partial charge in [0.1, 0.15) is 11.5 Å². The van der Waals surface area contributed by atoms with Crippen molar-refractivity contribution in [3.05, 3.63) is 64.3 Å². The van der Waals surface area contributed by atoms with Crippen molar-refractivity contribution in [1.82, 2.24) is 9.88 Å². The van der Waals surface area contributed by atoms with E-state index >= 15 is 0 Å². The Kier molecular flexibility index (Phi) is 4.14. The monoisotopic (exact) mass is 343 g/mol. The lowest BCUT2D eigenvalue weighted by Crippen LogP contribution is -2.51. The molecule has 3 rings (SSSR count). The van der Waals surface area contributed by atoms with Crippen LogP contribution in [0, 0.1) is 5.82 Å². The Bertz CT molecular complexity index is 852. The van der Waals surface area contributed by atoms with Gasteiger partial charge in [-0.15, -0.1) is 0 Å². The van der Waals surface area contributed by atoms with Gasteiger partial charge in [-0.05, 0) is 42.7 Å². The quantitative estimate of drug-likeness (QED) is 0.896. The molecule has 0 aliphatic heterocycles. The van der Waals surface area contributed by atoms with Crippen LogP contribution in [0.25, 0.3) is 0 Å². The summed E-state index contributed by atoms with van der Waals surface area (Å²) in [7, 11) is 1.63. The number of anilines is 1. The first-order valence-electron chi connectivity index (χ1n) is 8.26. The second-order valence-electron chi connectivity index (χ2n) is 7.13. The molecule has 0 atom stereocenters. The summed E-state index contributed by atoms with van der Waals surface area (Å²) < 4.78 is 14.6. The highest BCUT2D eigenvalue weighted by atomic mass is 19.1. The molecule has 2 aromatic rings. The summed E-state index contributed by atoms with van der Waals surface area (Å²) in [6.45, 7) is 4.07. The molecule has 1 heterocycles. The van der Waals surface area contributed by atoms with Crippen molar-refractivity contribution in [2.24, 2.45) is 7.05 Å². The van der Waals surface area contributed by atoms with Crippen LogP contribution in [0.4, 0.5) is 14.9 Å². The molecule has 5 nitrogen and oxygen atoms in total. The molecule has 1 aliphatic carbocycles. The van der Waals surface area contributed by atoms with Gasteiger partial charge in [0.2, 0.25) is 0 Å². The van der Waals surface area contributed by atoms with Gasteiger partial charge in [-0.1, -0.05) is 26.0 Å². The van der Waals surface area contributed by atoms with E-state index in [1.54, 1.807) is 37.5 Å². The largest absolute Gasteiger partial charge is 0.332 e. The minimum Gasteiger partial charge on any atom is -0.332 e. The Hall–Kier alpha value is -2.63. The van der Waals surface area contributed by atoms with Crippen molar-refractivity contribution in [2.45, 2.75) is 37.6 Å². The molecular formula is C19H22FN3O2. The topological polar surface area (TPSA) is 63.1 Å². The van der Waals surface area contributed by atoms with Gasteiger partial charge in [-0.2, -0.15) is 0 Å². The molecule has 0 radical (unpaired) electrons. The number of carbonyl (C=O) groups is 1. The molecule has 0 saturated heterocycles. The third-order valence-electron chi connectivity index (χ3n) is 5.24. The van der Waals surface area contributed by atoms with Crippen LogP contribution in [0.15, 0.2) is 47.4 Å². The summed E-state index contributed by atoms with van der Waals surface area (Å²) in [5, 5.41) is 5.66. The average molecular weight is 343 g/mol. The second kappa shape index (κ2) is 6.02. The van der Waals surface area contributed by atoms with Gasteiger partial charge in [-0.25, -0.2) is 9.18 Å². The lowest BCUT2D eigenvalue weighted by Gasteiger charge is -2.36. The summed E-state index contributed by atoms with van der Waals surface area (Å²) in [6.07, 6.45) is 3.29. The van der Waals surface area contributed by atoms with Gasteiger partial charge in [0.25, 0.3) is 5.56 Å². The van der Waals surface area contributed by atoms with Crippen LogP contribution >= 0.6 is 0 Å². The van der Waals surface area contributed by atoms with E-state index in [-0.39, 0.29) is 22.5 Å². The second-order valence-corrected chi connectivity index (χ2v) is 7.13. The number of hydrogen-bond acceptors (Lipinski definition) is 2. The Morgan fingerprint density at radius 2 is 1.84 bits per heavy atom. The van der Waals surface area contributed by atoms with Crippen molar-refractivity contribution in [2.75, 3.05) is 5.32 Å². The molecule has 1 aromatic carbocycles. The molecule has 1 aliphatic rings. The number of nitrogens with one attached hydrogen (secondary N) is 2. The highest BCUT2D eigenvalue weighted by molar-refractivity contribution is 5.90. The molecule has 132 valence electrons. The summed E-state index contributed by atoms with van der Waals surface area (Å²) in [5.41, 5.74) is 0.162. The lowest BCUT2D eigenvalue weighted by atomic mass is 9.75. The lowest BCUT2D eigenvalue weighted by molar-refractivity contribution is 0.236. The Morgan fingerprint density at radius 3 is 2.44 bits per heavy atom. The van der Waals surface area contributed by atoms with E-state index in [9.17, 15) is 14.0 Å². The van der Waals surface area contributed by atoms with Gasteiger partial charge < -0.3 is 15.2 Å². The number of pyridine rings is 1. The van der Waals surface area contributed by atoms with Gasteiger partial charge >= 0.3 is 6.03 Å². The summed E-state index contributed by atoms with van der Waals surface area (Å²) in [5.74, 6) is -0.282. The summed E-state index contributed by atoms with van der Waals surface area (Å²) in [4.78, 5) is 24.5. The van der Waals surface area contributed by atoms with E-state index in [1.165, 1.54) is 16.7 Å². The minimum atomic E-state index is -0.408.